The second-order valence-corrected chi connectivity index (χ2v) is 10.8. The first kappa shape index (κ1) is 19.4. The van der Waals surface area contributed by atoms with Crippen LogP contribution in [0.25, 0.3) is 10.1 Å². The van der Waals surface area contributed by atoms with Gasteiger partial charge in [0.05, 0.1) is 11.5 Å². The fourth-order valence-electron chi connectivity index (χ4n) is 4.24. The predicted molar refractivity (Wildman–Crippen MR) is 108 cm³/mol. The van der Waals surface area contributed by atoms with Gasteiger partial charge in [0, 0.05) is 16.8 Å². The Labute approximate surface area is 168 Å². The van der Waals surface area contributed by atoms with Gasteiger partial charge < -0.3 is 9.64 Å². The van der Waals surface area contributed by atoms with Crippen molar-refractivity contribution in [2.75, 3.05) is 18.1 Å². The Hall–Kier alpha value is -1.93. The van der Waals surface area contributed by atoms with E-state index in [0.717, 1.165) is 35.8 Å². The molecule has 0 unspecified atom stereocenters. The van der Waals surface area contributed by atoms with Gasteiger partial charge in [0.1, 0.15) is 4.88 Å². The van der Waals surface area contributed by atoms with Crippen LogP contribution in [0.1, 0.15) is 41.8 Å². The predicted octanol–water partition coefficient (Wildman–Crippen LogP) is 3.02. The maximum absolute atomic E-state index is 12.9. The van der Waals surface area contributed by atoms with Gasteiger partial charge in [0.15, 0.2) is 16.4 Å². The lowest BCUT2D eigenvalue weighted by molar-refractivity contribution is -0.139. The molecule has 8 heteroatoms. The molecule has 0 radical (unpaired) electrons. The molecule has 1 aromatic heterocycles. The van der Waals surface area contributed by atoms with Crippen molar-refractivity contribution in [1.82, 2.24) is 4.90 Å². The van der Waals surface area contributed by atoms with Crippen molar-refractivity contribution in [1.29, 1.82) is 0 Å². The smallest absolute Gasteiger partial charge is 0.348 e. The number of carbonyl (C=O) groups excluding carboxylic acids is 2. The molecule has 1 aliphatic carbocycles. The van der Waals surface area contributed by atoms with Gasteiger partial charge in [-0.2, -0.15) is 0 Å². The zero-order chi connectivity index (χ0) is 19.7. The highest BCUT2D eigenvalue weighted by atomic mass is 32.2. The Bertz CT molecular complexity index is 958. The third-order valence-corrected chi connectivity index (χ3v) is 8.41. The lowest BCUT2D eigenvalue weighted by atomic mass is 10.1. The number of amides is 1. The average molecular weight is 422 g/mol. The van der Waals surface area contributed by atoms with Crippen LogP contribution >= 0.6 is 11.3 Å². The zero-order valence-electron chi connectivity index (χ0n) is 15.5. The van der Waals surface area contributed by atoms with Gasteiger partial charge in [-0.1, -0.05) is 31.0 Å². The van der Waals surface area contributed by atoms with E-state index in [4.69, 9.17) is 4.74 Å². The van der Waals surface area contributed by atoms with E-state index in [2.05, 4.69) is 0 Å². The second-order valence-electron chi connectivity index (χ2n) is 7.52. The second kappa shape index (κ2) is 7.83. The maximum atomic E-state index is 12.9. The van der Waals surface area contributed by atoms with Crippen LogP contribution < -0.4 is 0 Å². The molecule has 150 valence electrons. The van der Waals surface area contributed by atoms with E-state index in [9.17, 15) is 18.0 Å². The number of benzene rings is 1. The Kier molecular flexibility index (Phi) is 5.42. The summed E-state index contributed by atoms with van der Waals surface area (Å²) in [5, 5.41) is 0.967. The third-order valence-electron chi connectivity index (χ3n) is 5.56. The van der Waals surface area contributed by atoms with Gasteiger partial charge in [0.2, 0.25) is 0 Å². The minimum Gasteiger partial charge on any atom is -0.451 e. The Balaban J connectivity index is 1.44. The highest BCUT2D eigenvalue weighted by molar-refractivity contribution is 7.91. The molecule has 1 atom stereocenters. The molecule has 28 heavy (non-hydrogen) atoms. The number of ether oxygens (including phenoxy) is 1. The number of nitrogens with zero attached hydrogens (tertiary/aromatic N) is 1. The molecule has 1 amide bonds. The molecule has 1 aliphatic heterocycles. The molecule has 2 fully saturated rings. The van der Waals surface area contributed by atoms with E-state index in [1.807, 2.05) is 24.3 Å². The number of hydrogen-bond donors (Lipinski definition) is 0. The molecule has 1 aromatic carbocycles. The number of thiophene rings is 1. The third kappa shape index (κ3) is 4.07. The summed E-state index contributed by atoms with van der Waals surface area (Å²) in [6.45, 7) is -0.347. The van der Waals surface area contributed by atoms with E-state index < -0.39 is 15.8 Å². The van der Waals surface area contributed by atoms with Gasteiger partial charge in [-0.05, 0) is 36.8 Å². The maximum Gasteiger partial charge on any atom is 0.348 e. The fourth-order valence-corrected chi connectivity index (χ4v) is 6.91. The van der Waals surface area contributed by atoms with Gasteiger partial charge >= 0.3 is 5.97 Å². The number of sulfone groups is 1. The van der Waals surface area contributed by atoms with Crippen molar-refractivity contribution in [3.8, 4) is 0 Å². The number of rotatable bonds is 5. The number of esters is 1. The van der Waals surface area contributed by atoms with Crippen molar-refractivity contribution < 1.29 is 22.7 Å². The van der Waals surface area contributed by atoms with Crippen LogP contribution in [-0.4, -0.2) is 55.4 Å². The molecule has 1 saturated carbocycles. The molecular formula is C20H23NO5S2. The molecule has 1 saturated heterocycles. The summed E-state index contributed by atoms with van der Waals surface area (Å²) >= 11 is 1.34. The minimum absolute atomic E-state index is 0.0134. The van der Waals surface area contributed by atoms with Crippen LogP contribution in [0, 0.1) is 0 Å². The van der Waals surface area contributed by atoms with E-state index >= 15 is 0 Å². The van der Waals surface area contributed by atoms with Gasteiger partial charge in [-0.3, -0.25) is 4.79 Å². The summed E-state index contributed by atoms with van der Waals surface area (Å²) in [4.78, 5) is 27.5. The molecule has 2 heterocycles. The normalized spacial score (nSPS) is 21.8. The number of hydrogen-bond acceptors (Lipinski definition) is 6. The first-order valence-corrected chi connectivity index (χ1v) is 12.2. The van der Waals surface area contributed by atoms with Crippen LogP contribution in [0.2, 0.25) is 0 Å². The van der Waals surface area contributed by atoms with Crippen molar-refractivity contribution in [2.45, 2.75) is 44.2 Å². The Morgan fingerprint density at radius 3 is 2.54 bits per heavy atom. The van der Waals surface area contributed by atoms with Crippen LogP contribution in [0.15, 0.2) is 30.3 Å². The molecule has 0 N–H and O–H groups in total. The van der Waals surface area contributed by atoms with Gasteiger partial charge in [0.25, 0.3) is 5.91 Å². The van der Waals surface area contributed by atoms with Crippen molar-refractivity contribution in [2.24, 2.45) is 0 Å². The standard InChI is InChI=1S/C20H23NO5S2/c22-19(12-26-20(23)18-11-14-5-1-4-8-17(14)27-18)21(15-6-2-3-7-15)16-9-10-28(24,25)13-16/h1,4-5,8,11,15-16H,2-3,6-7,9-10,12-13H2/t16-/m1/s1. The van der Waals surface area contributed by atoms with Gasteiger partial charge in [-0.15, -0.1) is 11.3 Å². The number of fused-ring (bicyclic) bond motifs is 1. The first-order chi connectivity index (χ1) is 13.4. The summed E-state index contributed by atoms with van der Waals surface area (Å²) in [6.07, 6.45) is 4.30. The highest BCUT2D eigenvalue weighted by Gasteiger charge is 2.39. The summed E-state index contributed by atoms with van der Waals surface area (Å²) in [7, 11) is -3.09. The summed E-state index contributed by atoms with van der Waals surface area (Å²) in [6, 6.07) is 9.19. The molecule has 2 aromatic rings. The topological polar surface area (TPSA) is 80.8 Å². The largest absolute Gasteiger partial charge is 0.451 e. The van der Waals surface area contributed by atoms with Crippen LogP contribution in [0.3, 0.4) is 0 Å². The molecule has 4 rings (SSSR count). The first-order valence-electron chi connectivity index (χ1n) is 9.60. The molecule has 0 bridgehead atoms. The summed E-state index contributed by atoms with van der Waals surface area (Å²) < 4.78 is 30.1. The highest BCUT2D eigenvalue weighted by Crippen LogP contribution is 2.30. The Morgan fingerprint density at radius 1 is 1.11 bits per heavy atom. The lowest BCUT2D eigenvalue weighted by Gasteiger charge is -2.33. The van der Waals surface area contributed by atoms with E-state index in [-0.39, 0.29) is 36.1 Å². The van der Waals surface area contributed by atoms with Crippen LogP contribution in [0.5, 0.6) is 0 Å². The Morgan fingerprint density at radius 2 is 1.86 bits per heavy atom. The van der Waals surface area contributed by atoms with E-state index in [1.165, 1.54) is 11.3 Å². The van der Waals surface area contributed by atoms with Crippen molar-refractivity contribution in [3.05, 3.63) is 35.2 Å². The van der Waals surface area contributed by atoms with Crippen molar-refractivity contribution >= 4 is 43.1 Å². The zero-order valence-corrected chi connectivity index (χ0v) is 17.1. The number of carbonyl (C=O) groups is 2. The molecule has 6 nitrogen and oxygen atoms in total. The van der Waals surface area contributed by atoms with E-state index in [0.29, 0.717) is 11.3 Å². The molecular weight excluding hydrogens is 398 g/mol. The average Bonchev–Trinajstić information content (AvgIpc) is 3.39. The van der Waals surface area contributed by atoms with Gasteiger partial charge in [-0.25, -0.2) is 13.2 Å². The summed E-state index contributed by atoms with van der Waals surface area (Å²) in [5.41, 5.74) is 0. The monoisotopic (exact) mass is 421 g/mol. The van der Waals surface area contributed by atoms with E-state index in [1.54, 1.807) is 11.0 Å². The quantitative estimate of drug-likeness (QED) is 0.693. The molecule has 2 aliphatic rings. The molecule has 0 spiro atoms. The minimum atomic E-state index is -3.09. The van der Waals surface area contributed by atoms with Crippen LogP contribution in [0.4, 0.5) is 0 Å². The summed E-state index contributed by atoms with van der Waals surface area (Å²) in [5.74, 6) is -0.668. The SMILES string of the molecule is O=C(OCC(=O)N(C1CCCC1)[C@@H]1CCS(=O)(=O)C1)c1cc2ccccc2s1. The van der Waals surface area contributed by atoms with Crippen molar-refractivity contribution in [3.63, 3.8) is 0 Å². The fraction of sp³-hybridized carbons (Fsp3) is 0.500. The lowest BCUT2D eigenvalue weighted by Crippen LogP contribution is -2.48. The van der Waals surface area contributed by atoms with Crippen LogP contribution in [-0.2, 0) is 19.4 Å².